The van der Waals surface area contributed by atoms with Crippen molar-refractivity contribution in [2.75, 3.05) is 5.32 Å². The van der Waals surface area contributed by atoms with Gasteiger partial charge in [-0.2, -0.15) is 0 Å². The maximum absolute atomic E-state index is 11.3. The molecule has 0 unspecified atom stereocenters. The maximum atomic E-state index is 11.3. The lowest BCUT2D eigenvalue weighted by Crippen LogP contribution is -2.20. The van der Waals surface area contributed by atoms with E-state index in [1.165, 1.54) is 25.1 Å². The predicted molar refractivity (Wildman–Crippen MR) is 62.4 cm³/mol. The second-order valence-electron chi connectivity index (χ2n) is 3.11. The van der Waals surface area contributed by atoms with Gasteiger partial charge in [0.25, 0.3) is 0 Å². The van der Waals surface area contributed by atoms with E-state index in [4.69, 9.17) is 28.3 Å². The third kappa shape index (κ3) is 3.12. The Hall–Kier alpha value is -1.26. The second-order valence-corrected chi connectivity index (χ2v) is 4.17. The summed E-state index contributed by atoms with van der Waals surface area (Å²) in [5.41, 5.74) is 0.279. The number of hydrogen-bond donors (Lipinski definition) is 2. The molecule has 1 amide bonds. The van der Waals surface area contributed by atoms with Gasteiger partial charge in [0.1, 0.15) is 5.38 Å². The van der Waals surface area contributed by atoms with Gasteiger partial charge in [-0.1, -0.05) is 11.6 Å². The standard InChI is InChI=1S/C10H9Cl2NO3/c1-5(11)9(14)13-8-4-6(10(15)16)2-3-7(8)12/h2-5H,1H3,(H,13,14)(H,15,16)/t5-/m1/s1. The van der Waals surface area contributed by atoms with E-state index < -0.39 is 17.3 Å². The molecule has 0 saturated carbocycles. The molecule has 0 saturated heterocycles. The number of halogens is 2. The van der Waals surface area contributed by atoms with Gasteiger partial charge in [-0.25, -0.2) is 4.79 Å². The van der Waals surface area contributed by atoms with Crippen molar-refractivity contribution in [3.63, 3.8) is 0 Å². The number of carboxylic acid groups (broad SMARTS) is 1. The summed E-state index contributed by atoms with van der Waals surface area (Å²) in [4.78, 5) is 22.0. The van der Waals surface area contributed by atoms with Crippen LogP contribution < -0.4 is 5.32 Å². The van der Waals surface area contributed by atoms with Crippen molar-refractivity contribution in [2.45, 2.75) is 12.3 Å². The first-order valence-corrected chi connectivity index (χ1v) is 5.21. The van der Waals surface area contributed by atoms with E-state index in [9.17, 15) is 9.59 Å². The molecule has 0 bridgehead atoms. The lowest BCUT2D eigenvalue weighted by Gasteiger charge is -2.08. The van der Waals surface area contributed by atoms with Crippen LogP contribution in [0.2, 0.25) is 5.02 Å². The van der Waals surface area contributed by atoms with Crippen LogP contribution in [0.3, 0.4) is 0 Å². The number of benzene rings is 1. The van der Waals surface area contributed by atoms with Gasteiger partial charge >= 0.3 is 5.97 Å². The summed E-state index contributed by atoms with van der Waals surface area (Å²) < 4.78 is 0. The Morgan fingerprint density at radius 3 is 2.56 bits per heavy atom. The Balaban J connectivity index is 2.99. The molecule has 1 aromatic rings. The number of carboxylic acids is 1. The van der Waals surface area contributed by atoms with Crippen LogP contribution in [0.15, 0.2) is 18.2 Å². The molecule has 0 aliphatic carbocycles. The third-order valence-electron chi connectivity index (χ3n) is 1.83. The van der Waals surface area contributed by atoms with Crippen LogP contribution in [0, 0.1) is 0 Å². The van der Waals surface area contributed by atoms with Crippen molar-refractivity contribution in [3.05, 3.63) is 28.8 Å². The molecule has 4 nitrogen and oxygen atoms in total. The first-order chi connectivity index (χ1) is 7.41. The zero-order chi connectivity index (χ0) is 12.3. The molecule has 0 heterocycles. The van der Waals surface area contributed by atoms with Crippen molar-refractivity contribution < 1.29 is 14.7 Å². The molecule has 1 rings (SSSR count). The van der Waals surface area contributed by atoms with Crippen LogP contribution in [0.4, 0.5) is 5.69 Å². The highest BCUT2D eigenvalue weighted by atomic mass is 35.5. The lowest BCUT2D eigenvalue weighted by atomic mass is 10.2. The fraction of sp³-hybridized carbons (Fsp3) is 0.200. The predicted octanol–water partition coefficient (Wildman–Crippen LogP) is 2.60. The van der Waals surface area contributed by atoms with Crippen molar-refractivity contribution in [1.82, 2.24) is 0 Å². The maximum Gasteiger partial charge on any atom is 0.335 e. The zero-order valence-corrected chi connectivity index (χ0v) is 9.84. The Kier molecular flexibility index (Phi) is 4.15. The fourth-order valence-electron chi connectivity index (χ4n) is 0.986. The number of carbonyl (C=O) groups is 2. The quantitative estimate of drug-likeness (QED) is 0.823. The normalized spacial score (nSPS) is 11.9. The molecule has 0 aromatic heterocycles. The number of alkyl halides is 1. The van der Waals surface area contributed by atoms with Gasteiger partial charge in [0.05, 0.1) is 16.3 Å². The molecule has 0 fully saturated rings. The fourth-order valence-corrected chi connectivity index (χ4v) is 1.21. The van der Waals surface area contributed by atoms with E-state index in [0.29, 0.717) is 0 Å². The van der Waals surface area contributed by atoms with Crippen LogP contribution in [0.5, 0.6) is 0 Å². The van der Waals surface area contributed by atoms with E-state index in [-0.39, 0.29) is 16.3 Å². The van der Waals surface area contributed by atoms with Gasteiger partial charge in [-0.15, -0.1) is 11.6 Å². The zero-order valence-electron chi connectivity index (χ0n) is 8.33. The summed E-state index contributed by atoms with van der Waals surface area (Å²) >= 11 is 11.4. The highest BCUT2D eigenvalue weighted by Gasteiger charge is 2.13. The summed E-state index contributed by atoms with van der Waals surface area (Å²) in [7, 11) is 0. The SMILES string of the molecule is C[C@@H](Cl)C(=O)Nc1cc(C(=O)O)ccc1Cl. The molecule has 86 valence electrons. The first-order valence-electron chi connectivity index (χ1n) is 4.39. The first kappa shape index (κ1) is 12.8. The average Bonchev–Trinajstić information content (AvgIpc) is 2.20. The molecular weight excluding hydrogens is 253 g/mol. The topological polar surface area (TPSA) is 66.4 Å². The van der Waals surface area contributed by atoms with Gasteiger partial charge in [-0.3, -0.25) is 4.79 Å². The van der Waals surface area contributed by atoms with Crippen LogP contribution in [-0.4, -0.2) is 22.4 Å². The van der Waals surface area contributed by atoms with Crippen molar-refractivity contribution in [1.29, 1.82) is 0 Å². The van der Waals surface area contributed by atoms with Crippen molar-refractivity contribution in [3.8, 4) is 0 Å². The van der Waals surface area contributed by atoms with Crippen molar-refractivity contribution >= 4 is 40.8 Å². The van der Waals surface area contributed by atoms with E-state index >= 15 is 0 Å². The van der Waals surface area contributed by atoms with Crippen LogP contribution in [0.25, 0.3) is 0 Å². The van der Waals surface area contributed by atoms with E-state index in [1.54, 1.807) is 0 Å². The van der Waals surface area contributed by atoms with Crippen LogP contribution in [0.1, 0.15) is 17.3 Å². The molecule has 1 aromatic carbocycles. The number of carbonyl (C=O) groups excluding carboxylic acids is 1. The van der Waals surface area contributed by atoms with Gasteiger partial charge in [0, 0.05) is 0 Å². The summed E-state index contributed by atoms with van der Waals surface area (Å²) in [6.45, 7) is 1.51. The highest BCUT2D eigenvalue weighted by molar-refractivity contribution is 6.35. The number of hydrogen-bond acceptors (Lipinski definition) is 2. The number of anilines is 1. The van der Waals surface area contributed by atoms with Crippen LogP contribution >= 0.6 is 23.2 Å². The van der Waals surface area contributed by atoms with E-state index in [0.717, 1.165) is 0 Å². The van der Waals surface area contributed by atoms with Gasteiger partial charge in [-0.05, 0) is 25.1 Å². The minimum atomic E-state index is -1.09. The Bertz CT molecular complexity index is 432. The summed E-state index contributed by atoms with van der Waals surface area (Å²) in [5, 5.41) is 10.7. The summed E-state index contributed by atoms with van der Waals surface area (Å²) in [5.74, 6) is -1.53. The van der Waals surface area contributed by atoms with Gasteiger partial charge in [0.15, 0.2) is 0 Å². The largest absolute Gasteiger partial charge is 0.478 e. The molecule has 2 N–H and O–H groups in total. The number of nitrogens with one attached hydrogen (secondary N) is 1. The minimum Gasteiger partial charge on any atom is -0.478 e. The highest BCUT2D eigenvalue weighted by Crippen LogP contribution is 2.23. The van der Waals surface area contributed by atoms with Crippen LogP contribution in [-0.2, 0) is 4.79 Å². The third-order valence-corrected chi connectivity index (χ3v) is 2.36. The molecule has 0 aliphatic heterocycles. The van der Waals surface area contributed by atoms with Gasteiger partial charge in [0.2, 0.25) is 5.91 Å². The van der Waals surface area contributed by atoms with E-state index in [1.807, 2.05) is 0 Å². The minimum absolute atomic E-state index is 0.0434. The summed E-state index contributed by atoms with van der Waals surface area (Å²) in [6.07, 6.45) is 0. The number of amides is 1. The Morgan fingerprint density at radius 1 is 1.44 bits per heavy atom. The van der Waals surface area contributed by atoms with Crippen molar-refractivity contribution in [2.24, 2.45) is 0 Å². The molecule has 0 spiro atoms. The second kappa shape index (κ2) is 5.18. The Labute approximate surface area is 102 Å². The molecular formula is C10H9Cl2NO3. The summed E-state index contributed by atoms with van der Waals surface area (Å²) in [6, 6.07) is 4.03. The molecule has 6 heteroatoms. The smallest absolute Gasteiger partial charge is 0.335 e. The number of rotatable bonds is 3. The average molecular weight is 262 g/mol. The van der Waals surface area contributed by atoms with E-state index in [2.05, 4.69) is 5.32 Å². The molecule has 0 radical (unpaired) electrons. The molecule has 1 atom stereocenters. The molecule has 16 heavy (non-hydrogen) atoms. The monoisotopic (exact) mass is 261 g/mol. The lowest BCUT2D eigenvalue weighted by molar-refractivity contribution is -0.115. The Morgan fingerprint density at radius 2 is 2.06 bits per heavy atom. The van der Waals surface area contributed by atoms with Gasteiger partial charge < -0.3 is 10.4 Å². The molecule has 0 aliphatic rings. The number of aromatic carboxylic acids is 1.